The summed E-state index contributed by atoms with van der Waals surface area (Å²) in [6.45, 7) is 2.78. The molecular formula is C70H129NO13. The predicted molar refractivity (Wildman–Crippen MR) is 341 cm³/mol. The Morgan fingerprint density at radius 1 is 0.417 bits per heavy atom. The van der Waals surface area contributed by atoms with Gasteiger partial charge >= 0.3 is 0 Å². The van der Waals surface area contributed by atoms with E-state index in [0.717, 1.165) is 44.9 Å². The maximum absolute atomic E-state index is 13.3. The first-order valence-corrected chi connectivity index (χ1v) is 34.9. The van der Waals surface area contributed by atoms with Crippen molar-refractivity contribution in [2.24, 2.45) is 0 Å². The molecule has 9 N–H and O–H groups in total. The number of carbonyl (C=O) groups is 1. The number of hydrogen-bond acceptors (Lipinski definition) is 13. The first kappa shape index (κ1) is 78.0. The molecule has 492 valence electrons. The molecule has 2 fully saturated rings. The third-order valence-electron chi connectivity index (χ3n) is 17.0. The van der Waals surface area contributed by atoms with E-state index in [9.17, 15) is 45.6 Å². The molecule has 14 heteroatoms. The molecule has 0 bridgehead atoms. The molecule has 1 amide bonds. The predicted octanol–water partition coefficient (Wildman–Crippen LogP) is 13.9. The standard InChI is InChI=1S/C70H129NO13/c1-3-5-7-9-11-13-15-17-19-20-21-22-23-24-25-26-27-28-29-30-31-32-33-34-35-36-37-38-40-42-44-46-48-50-52-54-62(75)71-58(59(74)53-51-49-47-45-43-41-39-18-16-14-12-10-8-6-4-2)57-81-69-67(80)65(78)68(61(56-73)83-69)84-70-66(79)64(77)63(76)60(55-72)82-70/h16,18,20-21,43,45,51,53,58-61,63-70,72-74,76-80H,3-15,17,19,22-42,44,46-50,52,54-57H2,1-2H3,(H,71,75)/b18-16+,21-20-,45-43+,53-51+. The zero-order chi connectivity index (χ0) is 60.9. The van der Waals surface area contributed by atoms with Gasteiger partial charge in [0.15, 0.2) is 12.6 Å². The second-order valence-electron chi connectivity index (χ2n) is 24.6. The summed E-state index contributed by atoms with van der Waals surface area (Å²) in [4.78, 5) is 13.3. The van der Waals surface area contributed by atoms with Crippen LogP contribution in [0.5, 0.6) is 0 Å². The van der Waals surface area contributed by atoms with Gasteiger partial charge in [0.1, 0.15) is 48.8 Å². The van der Waals surface area contributed by atoms with Gasteiger partial charge in [-0.3, -0.25) is 4.79 Å². The van der Waals surface area contributed by atoms with Crippen LogP contribution >= 0.6 is 0 Å². The minimum Gasteiger partial charge on any atom is -0.394 e. The number of ether oxygens (including phenoxy) is 4. The lowest BCUT2D eigenvalue weighted by atomic mass is 9.97. The third kappa shape index (κ3) is 39.1. The SMILES string of the molecule is CCCCCCC/C=C/CC/C=C/CC/C=C/C(O)C(COC1OC(CO)C(OC2OC(CO)C(O)C(O)C2O)C(O)C1O)NC(=O)CCCCCCCCCCCCCCCCCCCCCCCCC/C=C\CCCCCCCCCC. The lowest BCUT2D eigenvalue weighted by Crippen LogP contribution is -2.65. The van der Waals surface area contributed by atoms with Crippen molar-refractivity contribution in [3.8, 4) is 0 Å². The van der Waals surface area contributed by atoms with Crippen LogP contribution in [0.15, 0.2) is 48.6 Å². The topological polar surface area (TPSA) is 228 Å². The Hall–Kier alpha value is -2.05. The molecule has 0 spiro atoms. The average molecular weight is 1190 g/mol. The molecule has 2 aliphatic heterocycles. The fraction of sp³-hybridized carbons (Fsp3) is 0.871. The van der Waals surface area contributed by atoms with Crippen LogP contribution < -0.4 is 5.32 Å². The van der Waals surface area contributed by atoms with Gasteiger partial charge in [-0.2, -0.15) is 0 Å². The molecule has 0 saturated carbocycles. The number of nitrogens with one attached hydrogen (secondary N) is 1. The summed E-state index contributed by atoms with van der Waals surface area (Å²) in [5, 5.41) is 87.2. The quantitative estimate of drug-likeness (QED) is 0.0204. The molecule has 12 unspecified atom stereocenters. The van der Waals surface area contributed by atoms with Gasteiger partial charge in [-0.05, 0) is 70.6 Å². The largest absolute Gasteiger partial charge is 0.394 e. The number of amides is 1. The summed E-state index contributed by atoms with van der Waals surface area (Å²) < 4.78 is 22.8. The summed E-state index contributed by atoms with van der Waals surface area (Å²) in [7, 11) is 0. The van der Waals surface area contributed by atoms with Crippen LogP contribution in [0.2, 0.25) is 0 Å². The van der Waals surface area contributed by atoms with Gasteiger partial charge in [-0.1, -0.05) is 268 Å². The van der Waals surface area contributed by atoms with Crippen molar-refractivity contribution in [2.75, 3.05) is 19.8 Å². The van der Waals surface area contributed by atoms with E-state index < -0.39 is 86.8 Å². The second kappa shape index (κ2) is 55.1. The molecule has 0 aromatic heterocycles. The average Bonchev–Trinajstić information content (AvgIpc) is 3.57. The van der Waals surface area contributed by atoms with Gasteiger partial charge in [-0.15, -0.1) is 0 Å². The smallest absolute Gasteiger partial charge is 0.220 e. The fourth-order valence-electron chi connectivity index (χ4n) is 11.4. The number of aliphatic hydroxyl groups is 8. The van der Waals surface area contributed by atoms with Crippen molar-refractivity contribution in [3.63, 3.8) is 0 Å². The van der Waals surface area contributed by atoms with Crippen LogP contribution in [0.3, 0.4) is 0 Å². The summed E-state index contributed by atoms with van der Waals surface area (Å²) in [6, 6.07) is -0.937. The summed E-state index contributed by atoms with van der Waals surface area (Å²) >= 11 is 0. The van der Waals surface area contributed by atoms with E-state index in [0.29, 0.717) is 12.8 Å². The minimum atomic E-state index is -1.79. The van der Waals surface area contributed by atoms with E-state index in [1.807, 2.05) is 6.08 Å². The molecule has 2 saturated heterocycles. The van der Waals surface area contributed by atoms with Gasteiger partial charge in [0, 0.05) is 6.42 Å². The van der Waals surface area contributed by atoms with Crippen molar-refractivity contribution in [3.05, 3.63) is 48.6 Å². The Kier molecular flexibility index (Phi) is 51.1. The van der Waals surface area contributed by atoms with E-state index in [2.05, 4.69) is 55.6 Å². The monoisotopic (exact) mass is 1190 g/mol. The van der Waals surface area contributed by atoms with E-state index in [-0.39, 0.29) is 18.9 Å². The molecule has 0 aromatic rings. The molecular weight excluding hydrogens is 1060 g/mol. The molecule has 2 heterocycles. The lowest BCUT2D eigenvalue weighted by molar-refractivity contribution is -0.359. The Labute approximate surface area is 512 Å². The molecule has 2 aliphatic rings. The minimum absolute atomic E-state index is 0.250. The van der Waals surface area contributed by atoms with Crippen molar-refractivity contribution in [1.29, 1.82) is 0 Å². The molecule has 14 nitrogen and oxygen atoms in total. The summed E-state index contributed by atoms with van der Waals surface area (Å²) in [6.07, 6.45) is 54.8. The Morgan fingerprint density at radius 3 is 1.17 bits per heavy atom. The second-order valence-corrected chi connectivity index (χ2v) is 24.6. The molecule has 2 rings (SSSR count). The van der Waals surface area contributed by atoms with E-state index in [1.165, 1.54) is 218 Å². The van der Waals surface area contributed by atoms with Crippen LogP contribution in [-0.4, -0.2) is 140 Å². The van der Waals surface area contributed by atoms with Crippen molar-refractivity contribution < 1.29 is 64.6 Å². The number of carbonyl (C=O) groups excluding carboxylic acids is 1. The Morgan fingerprint density at radius 2 is 0.762 bits per heavy atom. The summed E-state index contributed by atoms with van der Waals surface area (Å²) in [5.74, 6) is -0.250. The maximum Gasteiger partial charge on any atom is 0.220 e. The number of rotatable bonds is 57. The first-order valence-electron chi connectivity index (χ1n) is 34.9. The van der Waals surface area contributed by atoms with E-state index in [1.54, 1.807) is 6.08 Å². The van der Waals surface area contributed by atoms with Crippen LogP contribution in [0.4, 0.5) is 0 Å². The fourth-order valence-corrected chi connectivity index (χ4v) is 11.4. The lowest BCUT2D eigenvalue weighted by Gasteiger charge is -2.46. The zero-order valence-corrected chi connectivity index (χ0v) is 53.4. The maximum atomic E-state index is 13.3. The number of unbranched alkanes of at least 4 members (excludes halogenated alkanes) is 38. The van der Waals surface area contributed by atoms with Crippen LogP contribution in [0.25, 0.3) is 0 Å². The van der Waals surface area contributed by atoms with Gasteiger partial charge < -0.3 is 65.1 Å². The molecule has 84 heavy (non-hydrogen) atoms. The van der Waals surface area contributed by atoms with Crippen LogP contribution in [0.1, 0.15) is 296 Å². The Bertz CT molecular complexity index is 1590. The van der Waals surface area contributed by atoms with Crippen molar-refractivity contribution >= 4 is 5.91 Å². The van der Waals surface area contributed by atoms with E-state index >= 15 is 0 Å². The highest BCUT2D eigenvalue weighted by molar-refractivity contribution is 5.76. The highest BCUT2D eigenvalue weighted by Crippen LogP contribution is 2.30. The van der Waals surface area contributed by atoms with Gasteiger partial charge in [0.05, 0.1) is 32.0 Å². The highest BCUT2D eigenvalue weighted by Gasteiger charge is 2.51. The molecule has 0 aromatic carbocycles. The Balaban J connectivity index is 1.61. The number of aliphatic hydroxyl groups excluding tert-OH is 8. The van der Waals surface area contributed by atoms with Crippen LogP contribution in [0, 0.1) is 0 Å². The van der Waals surface area contributed by atoms with E-state index in [4.69, 9.17) is 18.9 Å². The van der Waals surface area contributed by atoms with Crippen molar-refractivity contribution in [1.82, 2.24) is 5.32 Å². The first-order chi connectivity index (χ1) is 41.1. The molecule has 12 atom stereocenters. The third-order valence-corrected chi connectivity index (χ3v) is 17.0. The van der Waals surface area contributed by atoms with Gasteiger partial charge in [0.25, 0.3) is 0 Å². The van der Waals surface area contributed by atoms with Gasteiger partial charge in [-0.25, -0.2) is 0 Å². The summed E-state index contributed by atoms with van der Waals surface area (Å²) in [5.41, 5.74) is 0. The highest BCUT2D eigenvalue weighted by atomic mass is 16.7. The molecule has 0 aliphatic carbocycles. The zero-order valence-electron chi connectivity index (χ0n) is 53.4. The number of allylic oxidation sites excluding steroid dienone is 7. The van der Waals surface area contributed by atoms with Gasteiger partial charge in [0.2, 0.25) is 5.91 Å². The van der Waals surface area contributed by atoms with Crippen LogP contribution in [-0.2, 0) is 23.7 Å². The molecule has 0 radical (unpaired) electrons. The van der Waals surface area contributed by atoms with Crippen molar-refractivity contribution in [2.45, 2.75) is 370 Å². The normalized spacial score (nSPS) is 23.9. The number of hydrogen-bond donors (Lipinski definition) is 9.